The lowest BCUT2D eigenvalue weighted by Crippen LogP contribution is -2.56. The number of aromatic amines is 1. The van der Waals surface area contributed by atoms with Crippen LogP contribution in [0.15, 0.2) is 67.0 Å². The number of imidazole rings is 1. The normalized spacial score (nSPS) is 12.1. The number of hydrogen-bond donors (Lipinski definition) is 6. The van der Waals surface area contributed by atoms with Crippen LogP contribution in [0.1, 0.15) is 44.6 Å². The minimum Gasteiger partial charge on any atom is -0.508 e. The predicted octanol–water partition coefficient (Wildman–Crippen LogP) is 1.77. The fourth-order valence-electron chi connectivity index (χ4n) is 3.77. The topological polar surface area (TPSA) is 179 Å². The van der Waals surface area contributed by atoms with Crippen LogP contribution in [0.25, 0.3) is 0 Å². The summed E-state index contributed by atoms with van der Waals surface area (Å²) in [7, 11) is 0. The quantitative estimate of drug-likeness (QED) is 0.197. The average molecular weight is 553 g/mol. The number of phenols is 1. The highest BCUT2D eigenvalue weighted by Crippen LogP contribution is 2.12. The second kappa shape index (κ2) is 18.6. The van der Waals surface area contributed by atoms with Crippen LogP contribution in [0.2, 0.25) is 0 Å². The fourth-order valence-corrected chi connectivity index (χ4v) is 3.77. The van der Waals surface area contributed by atoms with Gasteiger partial charge < -0.3 is 31.8 Å². The molecule has 0 aliphatic heterocycles. The Bertz CT molecular complexity index is 1150. The van der Waals surface area contributed by atoms with E-state index in [1.165, 1.54) is 19.1 Å². The van der Waals surface area contributed by atoms with Crippen molar-refractivity contribution < 1.29 is 24.3 Å². The number of hydrogen-bond acceptors (Lipinski definition) is 6. The Morgan fingerprint density at radius 2 is 1.45 bits per heavy atom. The molecule has 0 fully saturated rings. The molecule has 0 aliphatic carbocycles. The largest absolute Gasteiger partial charge is 0.508 e. The summed E-state index contributed by atoms with van der Waals surface area (Å²) < 4.78 is 0. The highest BCUT2D eigenvalue weighted by Gasteiger charge is 2.28. The molecule has 1 aromatic heterocycles. The molecule has 1 heterocycles. The van der Waals surface area contributed by atoms with Gasteiger partial charge in [-0.1, -0.05) is 56.3 Å². The molecular weight excluding hydrogens is 512 g/mol. The lowest BCUT2D eigenvalue weighted by molar-refractivity contribution is -0.131. The number of benzene rings is 2. The van der Waals surface area contributed by atoms with Gasteiger partial charge in [-0.05, 0) is 36.6 Å². The van der Waals surface area contributed by atoms with Gasteiger partial charge in [-0.2, -0.15) is 0 Å². The number of nitrogens with zero attached hydrogens (tertiary/aromatic N) is 1. The summed E-state index contributed by atoms with van der Waals surface area (Å²) in [5.74, 6) is -0.544. The van der Waals surface area contributed by atoms with E-state index < -0.39 is 18.0 Å². The Morgan fingerprint density at radius 3 is 2.00 bits per heavy atom. The molecule has 2 aromatic carbocycles. The number of carbonyl (C=O) groups is 4. The van der Waals surface area contributed by atoms with Crippen molar-refractivity contribution in [1.29, 1.82) is 0 Å². The third kappa shape index (κ3) is 12.7. The monoisotopic (exact) mass is 552 g/mol. The molecule has 3 rings (SSSR count). The molecule has 11 nitrogen and oxygen atoms in total. The van der Waals surface area contributed by atoms with E-state index in [1.54, 1.807) is 24.5 Å². The van der Waals surface area contributed by atoms with Gasteiger partial charge in [0.15, 0.2) is 0 Å². The number of rotatable bonds is 11. The van der Waals surface area contributed by atoms with Crippen LogP contribution < -0.4 is 21.7 Å². The summed E-state index contributed by atoms with van der Waals surface area (Å²) in [6.07, 6.45) is 4.48. The van der Waals surface area contributed by atoms with Crippen molar-refractivity contribution >= 4 is 24.1 Å². The van der Waals surface area contributed by atoms with Crippen LogP contribution in [-0.2, 0) is 38.4 Å². The molecule has 0 saturated carbocycles. The summed E-state index contributed by atoms with van der Waals surface area (Å²) in [4.78, 5) is 53.8. The van der Waals surface area contributed by atoms with Gasteiger partial charge in [0.05, 0.1) is 0 Å². The predicted molar refractivity (Wildman–Crippen MR) is 153 cm³/mol. The van der Waals surface area contributed by atoms with Crippen LogP contribution in [0, 0.1) is 0 Å². The first-order valence-corrected chi connectivity index (χ1v) is 13.0. The van der Waals surface area contributed by atoms with Crippen molar-refractivity contribution in [2.24, 2.45) is 5.73 Å². The van der Waals surface area contributed by atoms with Crippen LogP contribution >= 0.6 is 0 Å². The summed E-state index contributed by atoms with van der Waals surface area (Å²) >= 11 is 0. The highest BCUT2D eigenvalue weighted by molar-refractivity contribution is 5.92. The van der Waals surface area contributed by atoms with Gasteiger partial charge in [0.2, 0.25) is 24.1 Å². The van der Waals surface area contributed by atoms with E-state index in [0.29, 0.717) is 12.2 Å². The van der Waals surface area contributed by atoms with Crippen LogP contribution in [0.4, 0.5) is 0 Å². The minimum atomic E-state index is -0.900. The molecule has 3 aromatic rings. The summed E-state index contributed by atoms with van der Waals surface area (Å²) in [6, 6.07) is 14.2. The van der Waals surface area contributed by atoms with Crippen LogP contribution in [0.3, 0.4) is 0 Å². The lowest BCUT2D eigenvalue weighted by atomic mass is 10.0. The van der Waals surface area contributed by atoms with Gasteiger partial charge in [-0.15, -0.1) is 0 Å². The van der Waals surface area contributed by atoms with Crippen molar-refractivity contribution in [1.82, 2.24) is 25.9 Å². The maximum Gasteiger partial charge on any atom is 0.243 e. The van der Waals surface area contributed by atoms with Crippen molar-refractivity contribution in [3.8, 4) is 5.75 Å². The van der Waals surface area contributed by atoms with E-state index in [0.717, 1.165) is 11.1 Å². The number of nitrogens with two attached hydrogens (primary N) is 1. The number of H-pyrrole nitrogens is 1. The van der Waals surface area contributed by atoms with Crippen molar-refractivity contribution in [3.63, 3.8) is 0 Å². The van der Waals surface area contributed by atoms with Gasteiger partial charge in [-0.25, -0.2) is 4.98 Å². The summed E-state index contributed by atoms with van der Waals surface area (Å²) in [5, 5.41) is 17.9. The Kier molecular flexibility index (Phi) is 15.5. The van der Waals surface area contributed by atoms with E-state index >= 15 is 0 Å². The standard InChI is InChI=1S/C26H31N5O4.C2H6.CH3NO/c1-17(14-19-6-4-3-5-7-19)29-25(34)23(16-24-27-12-13-28-24)31-26(35)22(30-18(2)32)15-20-8-10-21(33)11-9-20;1-2;2-1-3/h3-13,17,22-23,33H,14-16H2,1-2H3,(H,27,28)(H,29,34)(H,30,32)(H,31,35);1-2H3;1H,(H2,2,3). The molecule has 3 atom stereocenters. The number of carbonyl (C=O) groups excluding carboxylic acids is 4. The van der Waals surface area contributed by atoms with Gasteiger partial charge in [0.1, 0.15) is 23.7 Å². The third-order valence-electron chi connectivity index (χ3n) is 5.43. The molecular formula is C29H40N6O5. The molecule has 3 unspecified atom stereocenters. The second-order valence-electron chi connectivity index (χ2n) is 8.66. The van der Waals surface area contributed by atoms with Crippen molar-refractivity contribution in [2.75, 3.05) is 0 Å². The molecule has 0 radical (unpaired) electrons. The fraction of sp³-hybridized carbons (Fsp3) is 0.345. The lowest BCUT2D eigenvalue weighted by Gasteiger charge is -2.24. The number of primary amides is 1. The summed E-state index contributed by atoms with van der Waals surface area (Å²) in [6.45, 7) is 7.23. The highest BCUT2D eigenvalue weighted by atomic mass is 16.3. The van der Waals surface area contributed by atoms with Gasteiger partial charge in [0, 0.05) is 38.2 Å². The maximum absolute atomic E-state index is 13.2. The molecule has 40 heavy (non-hydrogen) atoms. The van der Waals surface area contributed by atoms with Crippen molar-refractivity contribution in [2.45, 2.75) is 65.1 Å². The number of aromatic hydroxyl groups is 1. The minimum absolute atomic E-state index is 0.106. The second-order valence-corrected chi connectivity index (χ2v) is 8.66. The zero-order valence-electron chi connectivity index (χ0n) is 23.4. The van der Waals surface area contributed by atoms with E-state index in [1.807, 2.05) is 51.1 Å². The number of amides is 4. The van der Waals surface area contributed by atoms with Gasteiger partial charge in [-0.3, -0.25) is 19.2 Å². The van der Waals surface area contributed by atoms with E-state index in [4.69, 9.17) is 4.79 Å². The Balaban J connectivity index is 0.00000150. The number of aromatic nitrogens is 2. The zero-order chi connectivity index (χ0) is 29.9. The van der Waals surface area contributed by atoms with Gasteiger partial charge >= 0.3 is 0 Å². The van der Waals surface area contributed by atoms with E-state index in [9.17, 15) is 19.5 Å². The first-order chi connectivity index (χ1) is 19.2. The van der Waals surface area contributed by atoms with E-state index in [-0.39, 0.29) is 42.9 Å². The average Bonchev–Trinajstić information content (AvgIpc) is 3.44. The van der Waals surface area contributed by atoms with Crippen LogP contribution in [0.5, 0.6) is 5.75 Å². The molecule has 216 valence electrons. The number of nitrogens with one attached hydrogen (secondary N) is 4. The molecule has 4 amide bonds. The van der Waals surface area contributed by atoms with Crippen LogP contribution in [-0.4, -0.2) is 57.3 Å². The zero-order valence-corrected chi connectivity index (χ0v) is 23.4. The Labute approximate surface area is 235 Å². The summed E-state index contributed by atoms with van der Waals surface area (Å²) in [5.41, 5.74) is 6.01. The van der Waals surface area contributed by atoms with Gasteiger partial charge in [0.25, 0.3) is 0 Å². The third-order valence-corrected chi connectivity index (χ3v) is 5.43. The first-order valence-electron chi connectivity index (χ1n) is 13.0. The smallest absolute Gasteiger partial charge is 0.243 e. The van der Waals surface area contributed by atoms with Crippen molar-refractivity contribution in [3.05, 3.63) is 83.9 Å². The molecule has 11 heteroatoms. The Hall–Kier alpha value is -4.67. The number of phenolic OH excluding ortho intramolecular Hbond substituents is 1. The molecule has 0 spiro atoms. The van der Waals surface area contributed by atoms with E-state index in [2.05, 4.69) is 31.7 Å². The molecule has 0 saturated heterocycles. The molecule has 7 N–H and O–H groups in total. The SMILES string of the molecule is CC.CC(=O)NC(Cc1ccc(O)cc1)C(=O)NC(Cc1ncc[nH]1)C(=O)NC(C)Cc1ccccc1.NC=O. The first kappa shape index (κ1) is 33.4. The Morgan fingerprint density at radius 1 is 0.900 bits per heavy atom. The molecule has 0 bridgehead atoms. The maximum atomic E-state index is 13.2. The molecule has 0 aliphatic rings.